The van der Waals surface area contributed by atoms with E-state index in [0.29, 0.717) is 6.10 Å². The monoisotopic (exact) mass is 250 g/mol. The van der Waals surface area contributed by atoms with Crippen molar-refractivity contribution in [3.63, 3.8) is 0 Å². The van der Waals surface area contributed by atoms with Crippen LogP contribution in [0.5, 0.6) is 0 Å². The normalized spacial score (nSPS) is 14.7. The maximum absolute atomic E-state index is 6.35. The van der Waals surface area contributed by atoms with Crippen LogP contribution in [0.2, 0.25) is 18.1 Å². The van der Waals surface area contributed by atoms with Crippen LogP contribution in [0.3, 0.4) is 0 Å². The molecule has 0 aliphatic heterocycles. The van der Waals surface area contributed by atoms with Crippen LogP contribution in [-0.2, 0) is 10.8 Å². The first-order valence-corrected chi connectivity index (χ1v) is 9.35. The standard InChI is InChI=1S/C15H26OSi/c1-13(12-14-10-8-7-9-11-14)16-17(5,6)15(2,3)4/h7-11,13H,12H2,1-6H3. The lowest BCUT2D eigenvalue weighted by atomic mass is 10.1. The zero-order valence-electron chi connectivity index (χ0n) is 12.1. The molecule has 0 heterocycles. The van der Waals surface area contributed by atoms with Gasteiger partial charge in [-0.2, -0.15) is 0 Å². The predicted octanol–water partition coefficient (Wildman–Crippen LogP) is 4.64. The van der Waals surface area contributed by atoms with Crippen molar-refractivity contribution in [3.8, 4) is 0 Å². The fraction of sp³-hybridized carbons (Fsp3) is 0.600. The number of benzene rings is 1. The van der Waals surface area contributed by atoms with E-state index in [0.717, 1.165) is 6.42 Å². The molecule has 0 saturated heterocycles. The molecular weight excluding hydrogens is 224 g/mol. The molecule has 0 N–H and O–H groups in total. The molecule has 0 aliphatic carbocycles. The van der Waals surface area contributed by atoms with Crippen molar-refractivity contribution in [2.45, 2.75) is 58.4 Å². The highest BCUT2D eigenvalue weighted by molar-refractivity contribution is 6.74. The van der Waals surface area contributed by atoms with E-state index in [1.54, 1.807) is 0 Å². The van der Waals surface area contributed by atoms with Gasteiger partial charge in [-0.3, -0.25) is 0 Å². The van der Waals surface area contributed by atoms with Crippen LogP contribution in [0, 0.1) is 0 Å². The summed E-state index contributed by atoms with van der Waals surface area (Å²) in [6.45, 7) is 13.7. The molecule has 0 saturated carbocycles. The Balaban J connectivity index is 2.59. The van der Waals surface area contributed by atoms with E-state index in [1.165, 1.54) is 5.56 Å². The number of hydrogen-bond acceptors (Lipinski definition) is 1. The first-order chi connectivity index (χ1) is 7.72. The summed E-state index contributed by atoms with van der Waals surface area (Å²) < 4.78 is 6.35. The highest BCUT2D eigenvalue weighted by Gasteiger charge is 2.38. The molecule has 1 atom stereocenters. The van der Waals surface area contributed by atoms with E-state index in [2.05, 4.69) is 71.1 Å². The van der Waals surface area contributed by atoms with Gasteiger partial charge in [-0.1, -0.05) is 51.1 Å². The molecule has 2 heteroatoms. The molecule has 0 spiro atoms. The van der Waals surface area contributed by atoms with Gasteiger partial charge in [-0.05, 0) is 37.0 Å². The summed E-state index contributed by atoms with van der Waals surface area (Å²) in [5.41, 5.74) is 1.36. The summed E-state index contributed by atoms with van der Waals surface area (Å²) in [5.74, 6) is 0. The second-order valence-corrected chi connectivity index (χ2v) is 11.1. The minimum absolute atomic E-state index is 0.290. The number of rotatable bonds is 4. The highest BCUT2D eigenvalue weighted by atomic mass is 28.4. The Morgan fingerprint density at radius 1 is 1.12 bits per heavy atom. The van der Waals surface area contributed by atoms with Gasteiger partial charge in [0.1, 0.15) is 0 Å². The molecule has 0 amide bonds. The van der Waals surface area contributed by atoms with Gasteiger partial charge in [-0.25, -0.2) is 0 Å². The molecule has 1 rings (SSSR count). The van der Waals surface area contributed by atoms with E-state index in [1.807, 2.05) is 0 Å². The van der Waals surface area contributed by atoms with Gasteiger partial charge >= 0.3 is 0 Å². The summed E-state index contributed by atoms with van der Waals surface area (Å²) in [4.78, 5) is 0. The minimum atomic E-state index is -1.62. The van der Waals surface area contributed by atoms with Crippen molar-refractivity contribution < 1.29 is 4.43 Å². The summed E-state index contributed by atoms with van der Waals surface area (Å²) in [5, 5.41) is 0.290. The fourth-order valence-electron chi connectivity index (χ4n) is 1.67. The molecule has 0 aliphatic rings. The third kappa shape index (κ3) is 4.28. The third-order valence-electron chi connectivity index (χ3n) is 3.67. The topological polar surface area (TPSA) is 9.23 Å². The SMILES string of the molecule is CC(Cc1ccccc1)O[Si](C)(C)C(C)(C)C. The molecule has 1 aromatic rings. The van der Waals surface area contributed by atoms with E-state index in [9.17, 15) is 0 Å². The average molecular weight is 250 g/mol. The van der Waals surface area contributed by atoms with Crippen LogP contribution in [0.4, 0.5) is 0 Å². The number of hydrogen-bond donors (Lipinski definition) is 0. The summed E-state index contributed by atoms with van der Waals surface area (Å²) >= 11 is 0. The Kier molecular flexibility index (Phi) is 4.56. The quantitative estimate of drug-likeness (QED) is 0.707. The Morgan fingerprint density at radius 2 is 1.65 bits per heavy atom. The summed E-state index contributed by atoms with van der Waals surface area (Å²) in [6.07, 6.45) is 1.31. The van der Waals surface area contributed by atoms with Crippen LogP contribution in [0.15, 0.2) is 30.3 Å². The smallest absolute Gasteiger partial charge is 0.192 e. The molecule has 1 aromatic carbocycles. The Hall–Kier alpha value is -0.603. The fourth-order valence-corrected chi connectivity index (χ4v) is 3.11. The van der Waals surface area contributed by atoms with E-state index < -0.39 is 8.32 Å². The second kappa shape index (κ2) is 5.36. The van der Waals surface area contributed by atoms with Crippen molar-refractivity contribution in [1.29, 1.82) is 0 Å². The third-order valence-corrected chi connectivity index (χ3v) is 8.27. The highest BCUT2D eigenvalue weighted by Crippen LogP contribution is 2.37. The van der Waals surface area contributed by atoms with Crippen molar-refractivity contribution in [1.82, 2.24) is 0 Å². The molecular formula is C15H26OSi. The van der Waals surface area contributed by atoms with Gasteiger partial charge in [0.2, 0.25) is 0 Å². The van der Waals surface area contributed by atoms with Gasteiger partial charge in [0.05, 0.1) is 0 Å². The van der Waals surface area contributed by atoms with Crippen LogP contribution in [0.1, 0.15) is 33.3 Å². The maximum atomic E-state index is 6.35. The van der Waals surface area contributed by atoms with Crippen LogP contribution in [-0.4, -0.2) is 14.4 Å². The Morgan fingerprint density at radius 3 is 2.12 bits per heavy atom. The Labute approximate surface area is 107 Å². The molecule has 0 aromatic heterocycles. The molecule has 17 heavy (non-hydrogen) atoms. The van der Waals surface area contributed by atoms with E-state index in [4.69, 9.17) is 4.43 Å². The lowest BCUT2D eigenvalue weighted by molar-refractivity contribution is 0.199. The average Bonchev–Trinajstić information content (AvgIpc) is 2.16. The Bertz CT molecular complexity index is 338. The van der Waals surface area contributed by atoms with Crippen LogP contribution in [0.25, 0.3) is 0 Å². The molecule has 1 unspecified atom stereocenters. The lowest BCUT2D eigenvalue weighted by Gasteiger charge is -2.38. The predicted molar refractivity (Wildman–Crippen MR) is 77.9 cm³/mol. The molecule has 1 nitrogen and oxygen atoms in total. The van der Waals surface area contributed by atoms with Crippen molar-refractivity contribution in [3.05, 3.63) is 35.9 Å². The molecule has 96 valence electrons. The molecule has 0 fully saturated rings. The van der Waals surface area contributed by atoms with Gasteiger partial charge < -0.3 is 4.43 Å². The first-order valence-electron chi connectivity index (χ1n) is 6.44. The zero-order chi connectivity index (χ0) is 13.1. The van der Waals surface area contributed by atoms with Gasteiger partial charge in [0.15, 0.2) is 8.32 Å². The van der Waals surface area contributed by atoms with Crippen LogP contribution >= 0.6 is 0 Å². The summed E-state index contributed by atoms with van der Waals surface area (Å²) in [6, 6.07) is 10.6. The summed E-state index contributed by atoms with van der Waals surface area (Å²) in [7, 11) is -1.62. The first kappa shape index (κ1) is 14.5. The van der Waals surface area contributed by atoms with E-state index in [-0.39, 0.29) is 5.04 Å². The van der Waals surface area contributed by atoms with Gasteiger partial charge in [-0.15, -0.1) is 0 Å². The van der Waals surface area contributed by atoms with Gasteiger partial charge in [0.25, 0.3) is 0 Å². The minimum Gasteiger partial charge on any atom is -0.414 e. The van der Waals surface area contributed by atoms with Crippen LogP contribution < -0.4 is 0 Å². The van der Waals surface area contributed by atoms with Crippen molar-refractivity contribution in [2.24, 2.45) is 0 Å². The zero-order valence-corrected chi connectivity index (χ0v) is 13.1. The molecule has 0 bridgehead atoms. The molecule has 0 radical (unpaired) electrons. The van der Waals surface area contributed by atoms with Crippen molar-refractivity contribution in [2.75, 3.05) is 0 Å². The van der Waals surface area contributed by atoms with Crippen molar-refractivity contribution >= 4 is 8.32 Å². The maximum Gasteiger partial charge on any atom is 0.192 e. The van der Waals surface area contributed by atoms with E-state index >= 15 is 0 Å². The second-order valence-electron chi connectivity index (χ2n) is 6.38. The van der Waals surface area contributed by atoms with Gasteiger partial charge in [0, 0.05) is 6.10 Å². The lowest BCUT2D eigenvalue weighted by Crippen LogP contribution is -2.43. The largest absolute Gasteiger partial charge is 0.414 e.